The Balaban J connectivity index is 0. The van der Waals surface area contributed by atoms with Crippen LogP contribution in [0.1, 0.15) is 13.8 Å². The topological polar surface area (TPSA) is 101 Å². The van der Waals surface area contributed by atoms with Crippen molar-refractivity contribution in [3.05, 3.63) is 0 Å². The molecule has 0 unspecified atom stereocenters. The molecule has 68 valence electrons. The van der Waals surface area contributed by atoms with Crippen LogP contribution in [0.2, 0.25) is 0 Å². The molecule has 0 bridgehead atoms. The zero-order valence-electron chi connectivity index (χ0n) is 6.68. The summed E-state index contributed by atoms with van der Waals surface area (Å²) in [6.07, 6.45) is -2.08. The van der Waals surface area contributed by atoms with Gasteiger partial charge in [0, 0.05) is 0 Å². The van der Waals surface area contributed by atoms with Gasteiger partial charge in [0.05, 0.1) is 0 Å². The molecule has 6 nitrogen and oxygen atoms in total. The third-order valence-electron chi connectivity index (χ3n) is 0.978. The Kier molecular flexibility index (Phi) is 5.69. The van der Waals surface area contributed by atoms with Crippen molar-refractivity contribution >= 4 is 6.16 Å². The second kappa shape index (κ2) is 4.89. The van der Waals surface area contributed by atoms with Crippen LogP contribution in [0.3, 0.4) is 0 Å². The van der Waals surface area contributed by atoms with Crippen molar-refractivity contribution in [2.75, 3.05) is 7.05 Å². The number of nitrogens with zero attached hydrogens (tertiary/aromatic N) is 1. The molecule has 0 radical (unpaired) electrons. The summed E-state index contributed by atoms with van der Waals surface area (Å²) < 4.78 is 0. The fourth-order valence-electron chi connectivity index (χ4n) is 0. The molecule has 6 heteroatoms. The van der Waals surface area contributed by atoms with Crippen LogP contribution in [0.4, 0.5) is 4.79 Å². The van der Waals surface area contributed by atoms with Crippen LogP contribution in [0, 0.1) is 0 Å². The number of quaternary nitrogens is 1. The molecule has 11 heavy (non-hydrogen) atoms. The fourth-order valence-corrected chi connectivity index (χ4v) is 0. The van der Waals surface area contributed by atoms with Crippen LogP contribution in [-0.2, 0) is 0 Å². The first kappa shape index (κ1) is 12.8. The van der Waals surface area contributed by atoms with E-state index < -0.39 is 11.0 Å². The van der Waals surface area contributed by atoms with Gasteiger partial charge in [0.1, 0.15) is 13.1 Å². The van der Waals surface area contributed by atoms with E-state index in [2.05, 4.69) is 0 Å². The van der Waals surface area contributed by atoms with E-state index in [0.717, 1.165) is 0 Å². The summed E-state index contributed by atoms with van der Waals surface area (Å²) in [5.74, 6) is 0. The lowest BCUT2D eigenvalue weighted by molar-refractivity contribution is -1.25. The highest BCUT2D eigenvalue weighted by atomic mass is 16.8. The molecule has 0 saturated heterocycles. The zero-order chi connectivity index (χ0) is 9.65. The predicted molar refractivity (Wildman–Crippen MR) is 32.9 cm³/mol. The van der Waals surface area contributed by atoms with Gasteiger partial charge in [-0.15, -0.1) is 0 Å². The molecular weight excluding hydrogens is 154 g/mol. The molecular formula is C5H13NO5. The summed E-state index contributed by atoms with van der Waals surface area (Å²) in [6, 6.07) is -0.153. The van der Waals surface area contributed by atoms with Crippen LogP contribution >= 0.6 is 0 Å². The monoisotopic (exact) mass is 167 g/mol. The summed E-state index contributed by atoms with van der Waals surface area (Å²) >= 11 is 0. The van der Waals surface area contributed by atoms with Crippen LogP contribution in [-0.4, -0.2) is 39.6 Å². The summed E-state index contributed by atoms with van der Waals surface area (Å²) in [4.78, 5) is 7.50. The largest absolute Gasteiger partial charge is 0.565 e. The predicted octanol–water partition coefficient (Wildman–Crippen LogP) is -0.492. The third kappa shape index (κ3) is 17.6. The van der Waals surface area contributed by atoms with Gasteiger partial charge >= 0.3 is 0 Å². The normalized spacial score (nSPS) is 10.4. The molecule has 0 aromatic heterocycles. The molecule has 0 aromatic carbocycles. The lowest BCUT2D eigenvalue weighted by atomic mass is 10.4. The Labute approximate surface area is 64.4 Å². The average molecular weight is 167 g/mol. The zero-order valence-corrected chi connectivity index (χ0v) is 6.68. The molecule has 0 spiro atoms. The number of carboxylic acid groups (broad SMARTS) is 2. The Morgan fingerprint density at radius 2 is 1.55 bits per heavy atom. The van der Waals surface area contributed by atoms with E-state index in [1.165, 1.54) is 7.05 Å². The molecule has 0 amide bonds. The van der Waals surface area contributed by atoms with Crippen molar-refractivity contribution < 1.29 is 30.2 Å². The van der Waals surface area contributed by atoms with Gasteiger partial charge in [0.15, 0.2) is 0 Å². The number of carbonyl (C=O) groups is 1. The lowest BCUT2D eigenvalue weighted by Crippen LogP contribution is -2.42. The van der Waals surface area contributed by atoms with E-state index in [9.17, 15) is 0 Å². The van der Waals surface area contributed by atoms with Crippen molar-refractivity contribution in [1.29, 1.82) is 0 Å². The van der Waals surface area contributed by atoms with Gasteiger partial charge in [-0.3, -0.25) is 0 Å². The van der Waals surface area contributed by atoms with Crippen molar-refractivity contribution in [2.45, 2.75) is 19.9 Å². The van der Waals surface area contributed by atoms with Crippen molar-refractivity contribution in [3.63, 3.8) is 0 Å². The van der Waals surface area contributed by atoms with E-state index in [1.807, 2.05) is 0 Å². The highest BCUT2D eigenvalue weighted by Gasteiger charge is 2.18. The Hall–Kier alpha value is -0.850. The summed E-state index contributed by atoms with van der Waals surface area (Å²) in [6.45, 7) is 3.44. The minimum atomic E-state index is -2.08. The van der Waals surface area contributed by atoms with E-state index in [1.54, 1.807) is 13.8 Å². The second-order valence-corrected chi connectivity index (χ2v) is 2.34. The maximum Gasteiger partial charge on any atom is 0.249 e. The molecule has 0 aliphatic heterocycles. The Bertz CT molecular complexity index is 113. The fraction of sp³-hybridized carbons (Fsp3) is 0.800. The molecule has 0 aromatic rings. The standard InChI is InChI=1S/C4H12NO2.CH2O3/c1-4(2)5(3,6)7;2-1(3)4/h4,6-7H,1-3H3;(H2,2,3,4)/q+1;/p-1. The quantitative estimate of drug-likeness (QED) is 0.361. The molecule has 0 fully saturated rings. The van der Waals surface area contributed by atoms with Gasteiger partial charge in [-0.2, -0.15) is 10.4 Å². The smallest absolute Gasteiger partial charge is 0.249 e. The molecule has 3 N–H and O–H groups in total. The molecule has 0 heterocycles. The third-order valence-corrected chi connectivity index (χ3v) is 0.978. The highest BCUT2D eigenvalue weighted by molar-refractivity contribution is 5.50. The molecule has 0 saturated carbocycles. The van der Waals surface area contributed by atoms with Crippen molar-refractivity contribution in [1.82, 2.24) is 0 Å². The van der Waals surface area contributed by atoms with E-state index in [-0.39, 0.29) is 6.04 Å². The Morgan fingerprint density at radius 3 is 1.55 bits per heavy atom. The first-order valence-corrected chi connectivity index (χ1v) is 2.89. The van der Waals surface area contributed by atoms with Gasteiger partial charge < -0.3 is 15.0 Å². The van der Waals surface area contributed by atoms with Crippen LogP contribution in [0.25, 0.3) is 0 Å². The molecule has 0 aliphatic carbocycles. The van der Waals surface area contributed by atoms with Gasteiger partial charge in [-0.05, 0) is 18.7 Å². The van der Waals surface area contributed by atoms with Crippen molar-refractivity contribution in [2.24, 2.45) is 0 Å². The van der Waals surface area contributed by atoms with E-state index in [4.69, 9.17) is 25.4 Å². The number of hydrogen-bond acceptors (Lipinski definition) is 4. The second-order valence-electron chi connectivity index (χ2n) is 2.34. The number of hydroxylamine groups is 4. The van der Waals surface area contributed by atoms with Crippen molar-refractivity contribution in [3.8, 4) is 0 Å². The SMILES string of the molecule is CC(C)[N+](C)(O)O.O=C([O-])O. The Morgan fingerprint density at radius 1 is 1.45 bits per heavy atom. The van der Waals surface area contributed by atoms with Gasteiger partial charge in [-0.1, -0.05) is 0 Å². The van der Waals surface area contributed by atoms with E-state index >= 15 is 0 Å². The maximum atomic E-state index is 8.59. The van der Waals surface area contributed by atoms with Gasteiger partial charge in [-0.25, -0.2) is 0 Å². The van der Waals surface area contributed by atoms with Gasteiger partial charge in [0.25, 0.3) is 0 Å². The van der Waals surface area contributed by atoms with Crippen LogP contribution < -0.4 is 5.11 Å². The minimum Gasteiger partial charge on any atom is -0.565 e. The maximum absolute atomic E-state index is 8.59. The number of hydrogen-bond donors (Lipinski definition) is 3. The first-order chi connectivity index (χ1) is 4.68. The molecule has 0 rings (SSSR count). The lowest BCUT2D eigenvalue weighted by Gasteiger charge is -2.18. The van der Waals surface area contributed by atoms with E-state index in [0.29, 0.717) is 0 Å². The van der Waals surface area contributed by atoms with Crippen LogP contribution in [0.5, 0.6) is 0 Å². The van der Waals surface area contributed by atoms with Crippen LogP contribution in [0.15, 0.2) is 0 Å². The first-order valence-electron chi connectivity index (χ1n) is 2.89. The summed E-state index contributed by atoms with van der Waals surface area (Å²) in [5, 5.41) is 32.5. The average Bonchev–Trinajstić information content (AvgIpc) is 1.59. The highest BCUT2D eigenvalue weighted by Crippen LogP contribution is 1.96. The molecule has 0 aliphatic rings. The number of rotatable bonds is 1. The minimum absolute atomic E-state index is 0.153. The summed E-state index contributed by atoms with van der Waals surface area (Å²) in [5.41, 5.74) is 0. The summed E-state index contributed by atoms with van der Waals surface area (Å²) in [7, 11) is 1.31. The molecule has 0 atom stereocenters. The van der Waals surface area contributed by atoms with Gasteiger partial charge in [0.2, 0.25) is 6.16 Å².